The van der Waals surface area contributed by atoms with Crippen LogP contribution in [0.2, 0.25) is 0 Å². The SMILES string of the molecule is CCCCCCC=CC(O)C(=O)C1CCC(=O)O1. The molecule has 0 aromatic carbocycles. The average molecular weight is 254 g/mol. The van der Waals surface area contributed by atoms with Gasteiger partial charge in [-0.3, -0.25) is 9.59 Å². The lowest BCUT2D eigenvalue weighted by Crippen LogP contribution is -2.30. The van der Waals surface area contributed by atoms with Crippen molar-refractivity contribution in [3.05, 3.63) is 12.2 Å². The van der Waals surface area contributed by atoms with E-state index < -0.39 is 18.0 Å². The molecule has 0 bridgehead atoms. The topological polar surface area (TPSA) is 63.6 Å². The van der Waals surface area contributed by atoms with Crippen LogP contribution in [0, 0.1) is 0 Å². The van der Waals surface area contributed by atoms with Crippen molar-refractivity contribution in [3.63, 3.8) is 0 Å². The maximum absolute atomic E-state index is 11.7. The summed E-state index contributed by atoms with van der Waals surface area (Å²) < 4.78 is 4.82. The first-order valence-electron chi connectivity index (χ1n) is 6.73. The molecular weight excluding hydrogens is 232 g/mol. The Morgan fingerprint density at radius 1 is 1.50 bits per heavy atom. The van der Waals surface area contributed by atoms with Crippen LogP contribution in [0.5, 0.6) is 0 Å². The van der Waals surface area contributed by atoms with Gasteiger partial charge in [0, 0.05) is 12.8 Å². The molecule has 0 aromatic heterocycles. The summed E-state index contributed by atoms with van der Waals surface area (Å²) in [6, 6.07) is 0. The third kappa shape index (κ3) is 5.00. The Morgan fingerprint density at radius 2 is 2.28 bits per heavy atom. The summed E-state index contributed by atoms with van der Waals surface area (Å²) >= 11 is 0. The Balaban J connectivity index is 2.22. The molecule has 1 aliphatic rings. The number of aliphatic hydroxyl groups is 1. The summed E-state index contributed by atoms with van der Waals surface area (Å²) in [7, 11) is 0. The Bertz CT molecular complexity index is 309. The molecule has 4 nitrogen and oxygen atoms in total. The van der Waals surface area contributed by atoms with Crippen molar-refractivity contribution in [3.8, 4) is 0 Å². The predicted molar refractivity (Wildman–Crippen MR) is 68.0 cm³/mol. The lowest BCUT2D eigenvalue weighted by Gasteiger charge is -2.10. The van der Waals surface area contributed by atoms with Gasteiger partial charge in [0.15, 0.2) is 6.10 Å². The van der Waals surface area contributed by atoms with Crippen LogP contribution in [0.15, 0.2) is 12.2 Å². The smallest absolute Gasteiger partial charge is 0.306 e. The van der Waals surface area contributed by atoms with E-state index in [0.717, 1.165) is 12.8 Å². The maximum atomic E-state index is 11.7. The van der Waals surface area contributed by atoms with E-state index in [1.807, 2.05) is 6.08 Å². The van der Waals surface area contributed by atoms with Crippen LogP contribution in [-0.2, 0) is 14.3 Å². The van der Waals surface area contributed by atoms with Crippen molar-refractivity contribution >= 4 is 11.8 Å². The number of Topliss-reactive ketones (excluding diaryl/α,β-unsaturated/α-hetero) is 1. The molecule has 1 N–H and O–H groups in total. The van der Waals surface area contributed by atoms with Gasteiger partial charge in [0.2, 0.25) is 5.78 Å². The summed E-state index contributed by atoms with van der Waals surface area (Å²) in [5.74, 6) is -0.769. The van der Waals surface area contributed by atoms with E-state index in [9.17, 15) is 14.7 Å². The molecule has 2 atom stereocenters. The Kier molecular flexibility index (Phi) is 6.65. The van der Waals surface area contributed by atoms with Gasteiger partial charge in [-0.25, -0.2) is 0 Å². The molecule has 1 aliphatic heterocycles. The zero-order chi connectivity index (χ0) is 13.4. The zero-order valence-electron chi connectivity index (χ0n) is 10.9. The number of allylic oxidation sites excluding steroid dienone is 1. The second-order valence-corrected chi connectivity index (χ2v) is 4.64. The van der Waals surface area contributed by atoms with Crippen molar-refractivity contribution in [1.82, 2.24) is 0 Å². The minimum atomic E-state index is -1.15. The quantitative estimate of drug-likeness (QED) is 0.409. The highest BCUT2D eigenvalue weighted by atomic mass is 16.6. The predicted octanol–water partition coefficient (Wildman–Crippen LogP) is 2.15. The largest absolute Gasteiger partial charge is 0.454 e. The van der Waals surface area contributed by atoms with Crippen LogP contribution < -0.4 is 0 Å². The van der Waals surface area contributed by atoms with E-state index >= 15 is 0 Å². The summed E-state index contributed by atoms with van der Waals surface area (Å²) in [4.78, 5) is 22.5. The van der Waals surface area contributed by atoms with Crippen LogP contribution in [-0.4, -0.2) is 29.1 Å². The van der Waals surface area contributed by atoms with Gasteiger partial charge in [-0.2, -0.15) is 0 Å². The average Bonchev–Trinajstić information content (AvgIpc) is 2.79. The van der Waals surface area contributed by atoms with Crippen LogP contribution >= 0.6 is 0 Å². The van der Waals surface area contributed by atoms with E-state index in [1.165, 1.54) is 25.3 Å². The van der Waals surface area contributed by atoms with Gasteiger partial charge in [0.1, 0.15) is 6.10 Å². The Morgan fingerprint density at radius 3 is 2.89 bits per heavy atom. The number of aliphatic hydroxyl groups excluding tert-OH is 1. The van der Waals surface area contributed by atoms with Gasteiger partial charge in [-0.05, 0) is 12.8 Å². The van der Waals surface area contributed by atoms with Gasteiger partial charge in [0.25, 0.3) is 0 Å². The van der Waals surface area contributed by atoms with Crippen molar-refractivity contribution < 1.29 is 19.4 Å². The molecule has 2 unspecified atom stereocenters. The first kappa shape index (κ1) is 14.9. The molecule has 0 amide bonds. The summed E-state index contributed by atoms with van der Waals surface area (Å²) in [5, 5.41) is 9.64. The van der Waals surface area contributed by atoms with Gasteiger partial charge in [0.05, 0.1) is 0 Å². The van der Waals surface area contributed by atoms with Crippen LogP contribution in [0.3, 0.4) is 0 Å². The molecule has 1 rings (SSSR count). The first-order chi connectivity index (χ1) is 8.65. The summed E-state index contributed by atoms with van der Waals surface area (Å²) in [6.07, 6.45) is 7.61. The molecule has 1 saturated heterocycles. The summed E-state index contributed by atoms with van der Waals surface area (Å²) in [6.45, 7) is 2.15. The molecule has 1 heterocycles. The van der Waals surface area contributed by atoms with Crippen LogP contribution in [0.1, 0.15) is 51.9 Å². The van der Waals surface area contributed by atoms with Gasteiger partial charge in [-0.1, -0.05) is 38.3 Å². The second-order valence-electron chi connectivity index (χ2n) is 4.64. The minimum Gasteiger partial charge on any atom is -0.454 e. The normalized spacial score (nSPS) is 21.2. The molecule has 102 valence electrons. The Hall–Kier alpha value is -1.16. The molecule has 1 fully saturated rings. The second kappa shape index (κ2) is 8.03. The molecule has 0 aromatic rings. The van der Waals surface area contributed by atoms with Gasteiger partial charge in [-0.15, -0.1) is 0 Å². The highest BCUT2D eigenvalue weighted by Gasteiger charge is 2.32. The standard InChI is InChI=1S/C14H22O4/c1-2-3-4-5-6-7-8-11(15)14(17)12-9-10-13(16)18-12/h7-8,11-12,15H,2-6,9-10H2,1H3. The molecule has 0 spiro atoms. The lowest BCUT2D eigenvalue weighted by atomic mass is 10.1. The van der Waals surface area contributed by atoms with E-state index in [-0.39, 0.29) is 12.4 Å². The molecule has 0 radical (unpaired) electrons. The number of ketones is 1. The fraction of sp³-hybridized carbons (Fsp3) is 0.714. The van der Waals surface area contributed by atoms with Gasteiger partial charge < -0.3 is 9.84 Å². The number of ether oxygens (including phenoxy) is 1. The molecule has 18 heavy (non-hydrogen) atoms. The number of hydrogen-bond acceptors (Lipinski definition) is 4. The highest BCUT2D eigenvalue weighted by molar-refractivity contribution is 5.92. The van der Waals surface area contributed by atoms with E-state index in [0.29, 0.717) is 6.42 Å². The number of rotatable bonds is 8. The number of carbonyl (C=O) groups is 2. The monoisotopic (exact) mass is 254 g/mol. The van der Waals surface area contributed by atoms with E-state index in [2.05, 4.69) is 6.92 Å². The maximum Gasteiger partial charge on any atom is 0.306 e. The van der Waals surface area contributed by atoms with Crippen LogP contribution in [0.4, 0.5) is 0 Å². The van der Waals surface area contributed by atoms with Crippen LogP contribution in [0.25, 0.3) is 0 Å². The number of hydrogen-bond donors (Lipinski definition) is 1. The molecular formula is C14H22O4. The first-order valence-corrected chi connectivity index (χ1v) is 6.73. The van der Waals surface area contributed by atoms with E-state index in [4.69, 9.17) is 4.74 Å². The third-order valence-electron chi connectivity index (χ3n) is 3.04. The highest BCUT2D eigenvalue weighted by Crippen LogP contribution is 2.16. The van der Waals surface area contributed by atoms with Gasteiger partial charge >= 0.3 is 5.97 Å². The fourth-order valence-electron chi connectivity index (χ4n) is 1.93. The Labute approximate surface area is 108 Å². The van der Waals surface area contributed by atoms with Crippen molar-refractivity contribution in [2.45, 2.75) is 64.1 Å². The third-order valence-corrected chi connectivity index (χ3v) is 3.04. The number of carbonyl (C=O) groups excluding carboxylic acids is 2. The molecule has 0 aliphatic carbocycles. The molecule has 4 heteroatoms. The number of cyclic esters (lactones) is 1. The lowest BCUT2D eigenvalue weighted by molar-refractivity contribution is -0.149. The number of unbranched alkanes of at least 4 members (excludes halogenated alkanes) is 4. The van der Waals surface area contributed by atoms with Crippen molar-refractivity contribution in [2.24, 2.45) is 0 Å². The van der Waals surface area contributed by atoms with Crippen molar-refractivity contribution in [1.29, 1.82) is 0 Å². The van der Waals surface area contributed by atoms with E-state index in [1.54, 1.807) is 0 Å². The fourth-order valence-corrected chi connectivity index (χ4v) is 1.93. The van der Waals surface area contributed by atoms with Crippen molar-refractivity contribution in [2.75, 3.05) is 0 Å². The minimum absolute atomic E-state index is 0.268. The summed E-state index contributed by atoms with van der Waals surface area (Å²) in [5.41, 5.74) is 0. The zero-order valence-corrected chi connectivity index (χ0v) is 10.9. The molecule has 0 saturated carbocycles. The number of esters is 1.